The smallest absolute Gasteiger partial charge is 0.378 e. The van der Waals surface area contributed by atoms with E-state index in [0.717, 1.165) is 6.54 Å². The number of nitrogens with zero attached hydrogens (tertiary/aromatic N) is 2. The fourth-order valence-corrected chi connectivity index (χ4v) is 1.65. The highest BCUT2D eigenvalue weighted by Gasteiger charge is 2.27. The summed E-state index contributed by atoms with van der Waals surface area (Å²) in [6.45, 7) is 0.312. The molecule has 9 heteroatoms. The zero-order valence-electron chi connectivity index (χ0n) is 10.1. The lowest BCUT2D eigenvalue weighted by Crippen LogP contribution is -2.42. The molecule has 0 amide bonds. The van der Waals surface area contributed by atoms with Gasteiger partial charge in [-0.15, -0.1) is 0 Å². The molecular weight excluding hydrogens is 267 g/mol. The second-order valence-electron chi connectivity index (χ2n) is 4.14. The molecule has 2 rings (SSSR count). The molecule has 1 aliphatic rings. The third kappa shape index (κ3) is 5.13. The summed E-state index contributed by atoms with van der Waals surface area (Å²) in [5.74, 6) is 0.463. The van der Waals surface area contributed by atoms with Crippen LogP contribution in [0.3, 0.4) is 0 Å². The topological polar surface area (TPSA) is 69.4 Å². The molecule has 0 spiro atoms. The summed E-state index contributed by atoms with van der Waals surface area (Å²) in [6, 6.07) is 0.0816. The molecule has 1 unspecified atom stereocenters. The fraction of sp³-hybridized carbons (Fsp3) is 0.800. The van der Waals surface area contributed by atoms with Crippen LogP contribution < -0.4 is 5.32 Å². The van der Waals surface area contributed by atoms with E-state index < -0.39 is 12.8 Å². The van der Waals surface area contributed by atoms with Crippen LogP contribution in [0.2, 0.25) is 0 Å². The van der Waals surface area contributed by atoms with Gasteiger partial charge < -0.3 is 19.3 Å². The minimum atomic E-state index is -4.35. The van der Waals surface area contributed by atoms with Gasteiger partial charge in [-0.05, 0) is 0 Å². The summed E-state index contributed by atoms with van der Waals surface area (Å²) in [4.78, 5) is 3.96. The quantitative estimate of drug-likeness (QED) is 0.856. The van der Waals surface area contributed by atoms with Crippen LogP contribution in [0.25, 0.3) is 0 Å². The van der Waals surface area contributed by atoms with Crippen molar-refractivity contribution >= 4 is 0 Å². The maximum Gasteiger partial charge on any atom is 0.411 e. The molecule has 0 saturated carbocycles. The molecule has 0 radical (unpaired) electrons. The van der Waals surface area contributed by atoms with Gasteiger partial charge >= 0.3 is 6.18 Å². The Kier molecular flexibility index (Phi) is 4.72. The normalized spacial score (nSPS) is 20.7. The van der Waals surface area contributed by atoms with E-state index in [-0.39, 0.29) is 18.5 Å². The average molecular weight is 281 g/mol. The highest BCUT2D eigenvalue weighted by molar-refractivity contribution is 4.89. The minimum absolute atomic E-state index is 0.0816. The van der Waals surface area contributed by atoms with Crippen LogP contribution in [0.1, 0.15) is 11.7 Å². The van der Waals surface area contributed by atoms with Gasteiger partial charge in [-0.2, -0.15) is 18.2 Å². The van der Waals surface area contributed by atoms with Gasteiger partial charge in [0.05, 0.1) is 13.2 Å². The third-order valence-electron chi connectivity index (χ3n) is 2.43. The molecule has 19 heavy (non-hydrogen) atoms. The molecule has 6 nitrogen and oxygen atoms in total. The summed E-state index contributed by atoms with van der Waals surface area (Å²) in [5.41, 5.74) is 0. The van der Waals surface area contributed by atoms with Gasteiger partial charge in [0.2, 0.25) is 5.89 Å². The zero-order chi connectivity index (χ0) is 13.7. The van der Waals surface area contributed by atoms with Crippen molar-refractivity contribution in [2.75, 3.05) is 26.4 Å². The maximum atomic E-state index is 11.9. The molecule has 1 atom stereocenters. The van der Waals surface area contributed by atoms with Crippen LogP contribution in [-0.2, 0) is 22.5 Å². The van der Waals surface area contributed by atoms with Gasteiger partial charge in [0.15, 0.2) is 5.82 Å². The Morgan fingerprint density at radius 3 is 2.95 bits per heavy atom. The van der Waals surface area contributed by atoms with Crippen LogP contribution >= 0.6 is 0 Å². The van der Waals surface area contributed by atoms with E-state index in [1.807, 2.05) is 0 Å². The van der Waals surface area contributed by atoms with Crippen molar-refractivity contribution in [3.05, 3.63) is 11.7 Å². The van der Waals surface area contributed by atoms with Gasteiger partial charge in [-0.25, -0.2) is 0 Å². The first-order valence-corrected chi connectivity index (χ1v) is 5.80. The SMILES string of the molecule is FC(F)(F)COCc1noc(CC2COCCN2)n1. The highest BCUT2D eigenvalue weighted by Crippen LogP contribution is 2.15. The molecule has 1 fully saturated rings. The second kappa shape index (κ2) is 6.31. The molecule has 2 heterocycles. The van der Waals surface area contributed by atoms with Crippen LogP contribution in [0, 0.1) is 0 Å². The van der Waals surface area contributed by atoms with Crippen LogP contribution in [0.4, 0.5) is 13.2 Å². The number of halogens is 3. The van der Waals surface area contributed by atoms with Gasteiger partial charge in [0.1, 0.15) is 13.2 Å². The fourth-order valence-electron chi connectivity index (χ4n) is 1.65. The lowest BCUT2D eigenvalue weighted by molar-refractivity contribution is -0.177. The number of aromatic nitrogens is 2. The standard InChI is InChI=1S/C10H14F3N3O3/c11-10(12,13)6-18-5-8-15-9(19-16-8)3-7-4-17-2-1-14-7/h7,14H,1-6H2. The molecule has 1 aromatic heterocycles. The molecule has 1 aliphatic heterocycles. The van der Waals surface area contributed by atoms with Gasteiger partial charge in [0.25, 0.3) is 0 Å². The van der Waals surface area contributed by atoms with Gasteiger partial charge in [-0.1, -0.05) is 5.16 Å². The summed E-state index contributed by atoms with van der Waals surface area (Å²) in [7, 11) is 0. The first-order chi connectivity index (χ1) is 9.03. The molecule has 108 valence electrons. The maximum absolute atomic E-state index is 11.9. The lowest BCUT2D eigenvalue weighted by atomic mass is 10.2. The Labute approximate surface area is 107 Å². The van der Waals surface area contributed by atoms with Crippen LogP contribution in [0.15, 0.2) is 4.52 Å². The predicted molar refractivity (Wildman–Crippen MR) is 56.3 cm³/mol. The Hall–Kier alpha value is -1.19. The van der Waals surface area contributed by atoms with Crippen molar-refractivity contribution in [2.24, 2.45) is 0 Å². The second-order valence-corrected chi connectivity index (χ2v) is 4.14. The molecule has 0 bridgehead atoms. The Morgan fingerprint density at radius 1 is 1.42 bits per heavy atom. The van der Waals surface area contributed by atoms with E-state index in [2.05, 4.69) is 20.2 Å². The predicted octanol–water partition coefficient (Wildman–Crippen LogP) is 0.679. The number of ether oxygens (including phenoxy) is 2. The Morgan fingerprint density at radius 2 is 2.26 bits per heavy atom. The van der Waals surface area contributed by atoms with E-state index in [0.29, 0.717) is 25.5 Å². The highest BCUT2D eigenvalue weighted by atomic mass is 19.4. The van der Waals surface area contributed by atoms with E-state index in [1.165, 1.54) is 0 Å². The van der Waals surface area contributed by atoms with Gasteiger partial charge in [-0.3, -0.25) is 0 Å². The third-order valence-corrected chi connectivity index (χ3v) is 2.43. The van der Waals surface area contributed by atoms with E-state index in [4.69, 9.17) is 9.26 Å². The summed E-state index contributed by atoms with van der Waals surface area (Å²) < 4.78 is 50.2. The minimum Gasteiger partial charge on any atom is -0.378 e. The van der Waals surface area contributed by atoms with Crippen LogP contribution in [-0.4, -0.2) is 48.7 Å². The number of hydrogen-bond acceptors (Lipinski definition) is 6. The first-order valence-electron chi connectivity index (χ1n) is 5.80. The van der Waals surface area contributed by atoms with Crippen molar-refractivity contribution in [2.45, 2.75) is 25.2 Å². The zero-order valence-corrected chi connectivity index (χ0v) is 10.1. The molecule has 1 N–H and O–H groups in total. The molecule has 1 aromatic rings. The first kappa shape index (κ1) is 14.2. The largest absolute Gasteiger partial charge is 0.411 e. The Balaban J connectivity index is 1.75. The van der Waals surface area contributed by atoms with Crippen molar-refractivity contribution < 1.29 is 27.2 Å². The number of nitrogens with one attached hydrogen (secondary N) is 1. The number of alkyl halides is 3. The van der Waals surface area contributed by atoms with Gasteiger partial charge in [0, 0.05) is 19.0 Å². The van der Waals surface area contributed by atoms with E-state index in [1.54, 1.807) is 0 Å². The number of rotatable bonds is 5. The van der Waals surface area contributed by atoms with Crippen LogP contribution in [0.5, 0.6) is 0 Å². The van der Waals surface area contributed by atoms with Crippen molar-refractivity contribution in [1.82, 2.24) is 15.5 Å². The van der Waals surface area contributed by atoms with Crippen molar-refractivity contribution in [1.29, 1.82) is 0 Å². The summed E-state index contributed by atoms with van der Waals surface area (Å²) >= 11 is 0. The van der Waals surface area contributed by atoms with Crippen molar-refractivity contribution in [3.63, 3.8) is 0 Å². The molecule has 0 aromatic carbocycles. The number of hydrogen-bond donors (Lipinski definition) is 1. The van der Waals surface area contributed by atoms with Crippen molar-refractivity contribution in [3.8, 4) is 0 Å². The number of morpholine rings is 1. The molecular formula is C10H14F3N3O3. The van der Waals surface area contributed by atoms with E-state index in [9.17, 15) is 13.2 Å². The van der Waals surface area contributed by atoms with E-state index >= 15 is 0 Å². The lowest BCUT2D eigenvalue weighted by Gasteiger charge is -2.22. The Bertz CT molecular complexity index is 391. The average Bonchev–Trinajstić information content (AvgIpc) is 2.76. The summed E-state index contributed by atoms with van der Waals surface area (Å²) in [6.07, 6.45) is -3.87. The molecule has 0 aliphatic carbocycles. The summed E-state index contributed by atoms with van der Waals surface area (Å²) in [5, 5.41) is 6.76. The monoisotopic (exact) mass is 281 g/mol. The molecule has 1 saturated heterocycles.